The van der Waals surface area contributed by atoms with Gasteiger partial charge < -0.3 is 15.4 Å². The number of thiazole rings is 1. The van der Waals surface area contributed by atoms with Crippen molar-refractivity contribution in [3.63, 3.8) is 0 Å². The van der Waals surface area contributed by atoms with Crippen LogP contribution in [0.15, 0.2) is 23.6 Å². The molecule has 0 aliphatic carbocycles. The average Bonchev–Trinajstić information content (AvgIpc) is 3.21. The number of benzene rings is 1. The molecule has 138 valence electrons. The fourth-order valence-corrected chi connectivity index (χ4v) is 5.06. The molecule has 4 rings (SSSR count). The lowest BCUT2D eigenvalue weighted by Gasteiger charge is -2.28. The Morgan fingerprint density at radius 2 is 2.15 bits per heavy atom. The quantitative estimate of drug-likeness (QED) is 0.796. The van der Waals surface area contributed by atoms with E-state index in [0.29, 0.717) is 40.3 Å². The van der Waals surface area contributed by atoms with Crippen LogP contribution < -0.4 is 15.4 Å². The van der Waals surface area contributed by atoms with E-state index in [4.69, 9.17) is 16.3 Å². The number of carbonyl (C=O) groups is 1. The second-order valence-electron chi connectivity index (χ2n) is 7.11. The van der Waals surface area contributed by atoms with E-state index in [1.165, 1.54) is 24.2 Å². The molecule has 2 bridgehead atoms. The smallest absolute Gasteiger partial charge is 0.226 e. The average molecular weight is 392 g/mol. The second-order valence-corrected chi connectivity index (χ2v) is 8.38. The summed E-state index contributed by atoms with van der Waals surface area (Å²) in [6.45, 7) is 0. The van der Waals surface area contributed by atoms with E-state index in [-0.39, 0.29) is 5.91 Å². The van der Waals surface area contributed by atoms with Crippen molar-refractivity contribution in [3.05, 3.63) is 28.6 Å². The van der Waals surface area contributed by atoms with Gasteiger partial charge in [0.15, 0.2) is 5.13 Å². The van der Waals surface area contributed by atoms with Crippen molar-refractivity contribution >= 4 is 34.0 Å². The zero-order valence-corrected chi connectivity index (χ0v) is 16.2. The number of hydrogen-bond acceptors (Lipinski definition) is 5. The Morgan fingerprint density at radius 1 is 1.38 bits per heavy atom. The highest BCUT2D eigenvalue weighted by molar-refractivity contribution is 7.14. The summed E-state index contributed by atoms with van der Waals surface area (Å²) in [6, 6.07) is 6.78. The normalized spacial score (nSPS) is 24.5. The fourth-order valence-electron chi connectivity index (χ4n) is 4.06. The highest BCUT2D eigenvalue weighted by atomic mass is 35.5. The number of nitrogens with one attached hydrogen (secondary N) is 2. The number of hydrogen-bond donors (Lipinski definition) is 2. The van der Waals surface area contributed by atoms with E-state index in [9.17, 15) is 4.79 Å². The van der Waals surface area contributed by atoms with Gasteiger partial charge in [-0.3, -0.25) is 4.79 Å². The van der Waals surface area contributed by atoms with Crippen LogP contribution in [0.4, 0.5) is 5.13 Å². The summed E-state index contributed by atoms with van der Waals surface area (Å²) in [7, 11) is 1.59. The third-order valence-electron chi connectivity index (χ3n) is 5.24. The molecule has 2 N–H and O–H groups in total. The second kappa shape index (κ2) is 7.55. The lowest BCUT2D eigenvalue weighted by atomic mass is 9.89. The minimum atomic E-state index is 0.0602. The predicted octanol–water partition coefficient (Wildman–Crippen LogP) is 4.33. The van der Waals surface area contributed by atoms with Crippen LogP contribution in [0.25, 0.3) is 11.3 Å². The molecule has 2 atom stereocenters. The van der Waals surface area contributed by atoms with Crippen LogP contribution in [0.5, 0.6) is 5.75 Å². The monoisotopic (exact) mass is 391 g/mol. The molecule has 3 heterocycles. The molecule has 2 saturated heterocycles. The first-order valence-corrected chi connectivity index (χ1v) is 10.2. The molecular formula is C19H22ClN3O2S. The first-order valence-electron chi connectivity index (χ1n) is 8.96. The number of nitrogens with zero attached hydrogens (tertiary/aromatic N) is 1. The van der Waals surface area contributed by atoms with E-state index in [2.05, 4.69) is 15.6 Å². The number of ether oxygens (including phenoxy) is 1. The zero-order valence-electron chi connectivity index (χ0n) is 14.6. The van der Waals surface area contributed by atoms with Gasteiger partial charge in [0, 0.05) is 29.4 Å². The summed E-state index contributed by atoms with van der Waals surface area (Å²) < 4.78 is 5.17. The maximum absolute atomic E-state index is 12.4. The first kappa shape index (κ1) is 17.8. The van der Waals surface area contributed by atoms with Gasteiger partial charge in [-0.1, -0.05) is 11.6 Å². The summed E-state index contributed by atoms with van der Waals surface area (Å²) in [5.41, 5.74) is 1.71. The molecule has 0 spiro atoms. The summed E-state index contributed by atoms with van der Waals surface area (Å²) in [4.78, 5) is 16.9. The minimum absolute atomic E-state index is 0.0602. The third-order valence-corrected chi connectivity index (χ3v) is 6.30. The molecule has 5 nitrogen and oxygen atoms in total. The molecule has 1 aromatic carbocycles. The van der Waals surface area contributed by atoms with Crippen LogP contribution in [-0.2, 0) is 4.79 Å². The molecule has 2 unspecified atom stereocenters. The SMILES string of the molecule is COc1ccc(-c2csc(NC(=O)CC3CC4CCC(C3)N4)n2)cc1Cl. The van der Waals surface area contributed by atoms with E-state index in [1.807, 2.05) is 23.6 Å². The number of amides is 1. The number of fused-ring (bicyclic) bond motifs is 2. The molecule has 26 heavy (non-hydrogen) atoms. The van der Waals surface area contributed by atoms with Crippen LogP contribution in [0.1, 0.15) is 32.1 Å². The number of carbonyl (C=O) groups excluding carboxylic acids is 1. The Morgan fingerprint density at radius 3 is 2.85 bits per heavy atom. The van der Waals surface area contributed by atoms with Crippen LogP contribution in [0.2, 0.25) is 5.02 Å². The number of halogens is 1. The minimum Gasteiger partial charge on any atom is -0.495 e. The molecule has 2 fully saturated rings. The number of anilines is 1. The van der Waals surface area contributed by atoms with Gasteiger partial charge in [-0.05, 0) is 49.8 Å². The van der Waals surface area contributed by atoms with Crippen molar-refractivity contribution < 1.29 is 9.53 Å². The van der Waals surface area contributed by atoms with Crippen molar-refractivity contribution in [1.82, 2.24) is 10.3 Å². The summed E-state index contributed by atoms with van der Waals surface area (Å²) in [6.07, 6.45) is 5.30. The van der Waals surface area contributed by atoms with E-state index in [0.717, 1.165) is 24.1 Å². The van der Waals surface area contributed by atoms with Gasteiger partial charge in [0.05, 0.1) is 17.8 Å². The van der Waals surface area contributed by atoms with Gasteiger partial charge in [-0.15, -0.1) is 11.3 Å². The van der Waals surface area contributed by atoms with Gasteiger partial charge in [0.25, 0.3) is 0 Å². The highest BCUT2D eigenvalue weighted by Crippen LogP contribution is 2.34. The van der Waals surface area contributed by atoms with E-state index < -0.39 is 0 Å². The molecule has 0 radical (unpaired) electrons. The van der Waals surface area contributed by atoms with Crippen molar-refractivity contribution in [1.29, 1.82) is 0 Å². The fraction of sp³-hybridized carbons (Fsp3) is 0.474. The maximum Gasteiger partial charge on any atom is 0.226 e. The van der Waals surface area contributed by atoms with Gasteiger partial charge in [-0.2, -0.15) is 0 Å². The van der Waals surface area contributed by atoms with E-state index in [1.54, 1.807) is 7.11 Å². The maximum atomic E-state index is 12.4. The highest BCUT2D eigenvalue weighted by Gasteiger charge is 2.34. The summed E-state index contributed by atoms with van der Waals surface area (Å²) in [5, 5.41) is 9.68. The molecule has 2 aliphatic heterocycles. The Hall–Kier alpha value is -1.63. The Balaban J connectivity index is 1.37. The van der Waals surface area contributed by atoms with Crippen LogP contribution in [0.3, 0.4) is 0 Å². The molecule has 1 amide bonds. The van der Waals surface area contributed by atoms with Crippen molar-refractivity contribution in [3.8, 4) is 17.0 Å². The third kappa shape index (κ3) is 3.87. The van der Waals surface area contributed by atoms with E-state index >= 15 is 0 Å². The van der Waals surface area contributed by atoms with Crippen molar-refractivity contribution in [2.75, 3.05) is 12.4 Å². The molecule has 2 aromatic rings. The topological polar surface area (TPSA) is 63.2 Å². The Labute approximate surface area is 162 Å². The lowest BCUT2D eigenvalue weighted by Crippen LogP contribution is -2.39. The van der Waals surface area contributed by atoms with Gasteiger partial charge in [0.1, 0.15) is 5.75 Å². The molecular weight excluding hydrogens is 370 g/mol. The molecule has 2 aliphatic rings. The Bertz CT molecular complexity index is 798. The molecule has 1 aromatic heterocycles. The van der Waals surface area contributed by atoms with Gasteiger partial charge in [-0.25, -0.2) is 4.98 Å². The molecule has 7 heteroatoms. The number of methoxy groups -OCH3 is 1. The van der Waals surface area contributed by atoms with Gasteiger partial charge >= 0.3 is 0 Å². The van der Waals surface area contributed by atoms with Crippen LogP contribution >= 0.6 is 22.9 Å². The number of aromatic nitrogens is 1. The molecule has 0 saturated carbocycles. The number of rotatable bonds is 5. The number of piperidine rings is 1. The summed E-state index contributed by atoms with van der Waals surface area (Å²) in [5.74, 6) is 1.17. The van der Waals surface area contributed by atoms with Crippen LogP contribution in [-0.4, -0.2) is 30.1 Å². The standard InChI is InChI=1S/C19H22ClN3O2S/c1-25-17-5-2-12(9-15(17)20)16-10-26-19(22-16)23-18(24)8-11-6-13-3-4-14(7-11)21-13/h2,5,9-11,13-14,21H,3-4,6-8H2,1H3,(H,22,23,24). The summed E-state index contributed by atoms with van der Waals surface area (Å²) >= 11 is 7.62. The lowest BCUT2D eigenvalue weighted by molar-refractivity contribution is -0.117. The van der Waals surface area contributed by atoms with Crippen LogP contribution in [0, 0.1) is 5.92 Å². The van der Waals surface area contributed by atoms with Gasteiger partial charge in [0.2, 0.25) is 5.91 Å². The first-order chi connectivity index (χ1) is 12.6. The largest absolute Gasteiger partial charge is 0.495 e. The Kier molecular flexibility index (Phi) is 5.16. The van der Waals surface area contributed by atoms with Crippen molar-refractivity contribution in [2.24, 2.45) is 5.92 Å². The predicted molar refractivity (Wildman–Crippen MR) is 105 cm³/mol. The zero-order chi connectivity index (χ0) is 18.1. The van der Waals surface area contributed by atoms with Crippen molar-refractivity contribution in [2.45, 2.75) is 44.2 Å².